The molecular formula is C18H20N6. The van der Waals surface area contributed by atoms with Crippen LogP contribution in [0, 0.1) is 5.41 Å². The number of nitrogens with zero attached hydrogens (tertiary/aromatic N) is 4. The second kappa shape index (κ2) is 5.01. The van der Waals surface area contributed by atoms with Crippen LogP contribution in [-0.2, 0) is 6.42 Å². The zero-order valence-corrected chi connectivity index (χ0v) is 13.4. The molecule has 3 heterocycles. The Bertz CT molecular complexity index is 893. The second-order valence-electron chi connectivity index (χ2n) is 7.03. The first-order chi connectivity index (χ1) is 11.8. The lowest BCUT2D eigenvalue weighted by Gasteiger charge is -2.42. The van der Waals surface area contributed by atoms with Crippen LogP contribution in [-0.4, -0.2) is 33.3 Å². The van der Waals surface area contributed by atoms with Gasteiger partial charge in [-0.2, -0.15) is 5.10 Å². The molecule has 0 saturated carbocycles. The fraction of sp³-hybridized carbons (Fsp3) is 0.389. The van der Waals surface area contributed by atoms with E-state index in [9.17, 15) is 0 Å². The van der Waals surface area contributed by atoms with Crippen LogP contribution < -0.4 is 10.6 Å². The van der Waals surface area contributed by atoms with Crippen LogP contribution in [0.4, 0.5) is 5.82 Å². The Kier molecular flexibility index (Phi) is 2.91. The van der Waals surface area contributed by atoms with Gasteiger partial charge in [-0.05, 0) is 35.8 Å². The summed E-state index contributed by atoms with van der Waals surface area (Å²) in [5, 5.41) is 6.89. The van der Waals surface area contributed by atoms with E-state index in [-0.39, 0.29) is 11.5 Å². The Morgan fingerprint density at radius 1 is 1.17 bits per heavy atom. The number of hydrogen-bond donors (Lipinski definition) is 2. The molecule has 2 aromatic heterocycles. The van der Waals surface area contributed by atoms with Gasteiger partial charge >= 0.3 is 0 Å². The third-order valence-electron chi connectivity index (χ3n) is 5.82. The molecule has 3 N–H and O–H groups in total. The molecule has 1 atom stereocenters. The summed E-state index contributed by atoms with van der Waals surface area (Å²) in [6, 6.07) is 8.79. The Hall–Kier alpha value is -2.47. The summed E-state index contributed by atoms with van der Waals surface area (Å²) in [4.78, 5) is 11.4. The van der Waals surface area contributed by atoms with Crippen LogP contribution in [0.25, 0.3) is 11.2 Å². The number of piperidine rings is 1. The van der Waals surface area contributed by atoms with Crippen LogP contribution in [0.5, 0.6) is 0 Å². The Labute approximate surface area is 140 Å². The van der Waals surface area contributed by atoms with Gasteiger partial charge in [-0.15, -0.1) is 0 Å². The minimum Gasteiger partial charge on any atom is -0.355 e. The van der Waals surface area contributed by atoms with E-state index in [1.165, 1.54) is 11.1 Å². The van der Waals surface area contributed by atoms with E-state index < -0.39 is 0 Å². The maximum Gasteiger partial charge on any atom is 0.176 e. The van der Waals surface area contributed by atoms with E-state index in [1.54, 1.807) is 6.20 Å². The molecule has 6 heteroatoms. The Morgan fingerprint density at radius 3 is 2.83 bits per heavy atom. The fourth-order valence-corrected chi connectivity index (χ4v) is 4.36. The molecule has 3 aromatic rings. The number of anilines is 1. The van der Waals surface area contributed by atoms with E-state index >= 15 is 0 Å². The SMILES string of the molecule is NC1c2ccccc2CC12CCN(c1cnc3cn[nH]c3n1)CC2. The molecule has 0 amide bonds. The predicted octanol–water partition coefficient (Wildman–Crippen LogP) is 2.20. The summed E-state index contributed by atoms with van der Waals surface area (Å²) >= 11 is 0. The highest BCUT2D eigenvalue weighted by Crippen LogP contribution is 2.50. The lowest BCUT2D eigenvalue weighted by atomic mass is 9.73. The summed E-state index contributed by atoms with van der Waals surface area (Å²) in [6.07, 6.45) is 6.83. The van der Waals surface area contributed by atoms with Crippen molar-refractivity contribution in [1.82, 2.24) is 20.2 Å². The van der Waals surface area contributed by atoms with E-state index in [2.05, 4.69) is 49.3 Å². The number of aromatic nitrogens is 4. The maximum absolute atomic E-state index is 6.64. The Balaban J connectivity index is 1.38. The average Bonchev–Trinajstić information content (AvgIpc) is 3.19. The highest BCUT2D eigenvalue weighted by molar-refractivity contribution is 5.70. The summed E-state index contributed by atoms with van der Waals surface area (Å²) in [7, 11) is 0. The number of fused-ring (bicyclic) bond motifs is 2. The maximum atomic E-state index is 6.64. The molecule has 1 spiro atoms. The highest BCUT2D eigenvalue weighted by Gasteiger charge is 2.45. The van der Waals surface area contributed by atoms with Gasteiger partial charge in [0, 0.05) is 19.1 Å². The van der Waals surface area contributed by atoms with E-state index in [4.69, 9.17) is 5.73 Å². The predicted molar refractivity (Wildman–Crippen MR) is 92.6 cm³/mol. The molecule has 1 unspecified atom stereocenters. The van der Waals surface area contributed by atoms with Crippen molar-refractivity contribution in [1.29, 1.82) is 0 Å². The third-order valence-corrected chi connectivity index (χ3v) is 5.82. The minimum atomic E-state index is 0.150. The third kappa shape index (κ3) is 1.96. The fourth-order valence-electron chi connectivity index (χ4n) is 4.36. The van der Waals surface area contributed by atoms with Gasteiger partial charge < -0.3 is 10.6 Å². The van der Waals surface area contributed by atoms with Gasteiger partial charge in [-0.25, -0.2) is 9.97 Å². The molecular weight excluding hydrogens is 300 g/mol. The zero-order chi connectivity index (χ0) is 16.1. The van der Waals surface area contributed by atoms with Crippen molar-refractivity contribution in [2.45, 2.75) is 25.3 Å². The van der Waals surface area contributed by atoms with Crippen molar-refractivity contribution >= 4 is 17.0 Å². The molecule has 1 aliphatic heterocycles. The lowest BCUT2D eigenvalue weighted by Crippen LogP contribution is -2.44. The average molecular weight is 320 g/mol. The topological polar surface area (TPSA) is 83.7 Å². The first-order valence-corrected chi connectivity index (χ1v) is 8.50. The van der Waals surface area contributed by atoms with Crippen LogP contribution >= 0.6 is 0 Å². The van der Waals surface area contributed by atoms with Crippen molar-refractivity contribution in [2.24, 2.45) is 11.1 Å². The van der Waals surface area contributed by atoms with Crippen molar-refractivity contribution < 1.29 is 0 Å². The number of nitrogens with one attached hydrogen (secondary N) is 1. The standard InChI is InChI=1S/C18H20N6/c19-16-13-4-2-1-3-12(13)9-18(16)5-7-24(8-6-18)15-11-20-14-10-21-23-17(14)22-15/h1-4,10-11,16H,5-9,19H2,(H,21,22,23). The monoisotopic (exact) mass is 320 g/mol. The number of nitrogens with two attached hydrogens (primary N) is 1. The van der Waals surface area contributed by atoms with E-state index in [0.717, 1.165) is 49.3 Å². The quantitative estimate of drug-likeness (QED) is 0.718. The van der Waals surface area contributed by atoms with Crippen LogP contribution in [0.15, 0.2) is 36.7 Å². The van der Waals surface area contributed by atoms with Gasteiger partial charge in [0.2, 0.25) is 0 Å². The van der Waals surface area contributed by atoms with Crippen molar-refractivity contribution in [2.75, 3.05) is 18.0 Å². The van der Waals surface area contributed by atoms with Crippen molar-refractivity contribution in [3.05, 3.63) is 47.8 Å². The lowest BCUT2D eigenvalue weighted by molar-refractivity contribution is 0.187. The van der Waals surface area contributed by atoms with Gasteiger partial charge in [0.1, 0.15) is 11.3 Å². The van der Waals surface area contributed by atoms with Gasteiger partial charge in [0.05, 0.1) is 12.4 Å². The first-order valence-electron chi connectivity index (χ1n) is 8.50. The van der Waals surface area contributed by atoms with Gasteiger partial charge in [0.15, 0.2) is 5.65 Å². The molecule has 122 valence electrons. The van der Waals surface area contributed by atoms with E-state index in [0.29, 0.717) is 0 Å². The van der Waals surface area contributed by atoms with Crippen LogP contribution in [0.3, 0.4) is 0 Å². The van der Waals surface area contributed by atoms with Gasteiger partial charge in [-0.1, -0.05) is 24.3 Å². The highest BCUT2D eigenvalue weighted by atomic mass is 15.2. The molecule has 24 heavy (non-hydrogen) atoms. The number of rotatable bonds is 1. The smallest absolute Gasteiger partial charge is 0.176 e. The summed E-state index contributed by atoms with van der Waals surface area (Å²) in [6.45, 7) is 1.94. The van der Waals surface area contributed by atoms with Crippen molar-refractivity contribution in [3.63, 3.8) is 0 Å². The van der Waals surface area contributed by atoms with E-state index in [1.807, 2.05) is 6.20 Å². The largest absolute Gasteiger partial charge is 0.355 e. The normalized spacial score (nSPS) is 22.2. The second-order valence-corrected chi connectivity index (χ2v) is 7.03. The number of H-pyrrole nitrogens is 1. The number of aromatic amines is 1. The summed E-state index contributed by atoms with van der Waals surface area (Å²) in [5.74, 6) is 0.922. The molecule has 1 aromatic carbocycles. The van der Waals surface area contributed by atoms with Gasteiger partial charge in [-0.3, -0.25) is 5.10 Å². The van der Waals surface area contributed by atoms with Crippen LogP contribution in [0.2, 0.25) is 0 Å². The summed E-state index contributed by atoms with van der Waals surface area (Å²) < 4.78 is 0. The number of benzene rings is 1. The van der Waals surface area contributed by atoms with Crippen molar-refractivity contribution in [3.8, 4) is 0 Å². The molecule has 6 nitrogen and oxygen atoms in total. The zero-order valence-electron chi connectivity index (χ0n) is 13.4. The minimum absolute atomic E-state index is 0.150. The van der Waals surface area contributed by atoms with Gasteiger partial charge in [0.25, 0.3) is 0 Å². The molecule has 1 aliphatic carbocycles. The first kappa shape index (κ1) is 13.9. The molecule has 2 aliphatic rings. The molecule has 1 saturated heterocycles. The van der Waals surface area contributed by atoms with Crippen LogP contribution in [0.1, 0.15) is 30.0 Å². The number of hydrogen-bond acceptors (Lipinski definition) is 5. The Morgan fingerprint density at radius 2 is 2.00 bits per heavy atom. The summed E-state index contributed by atoms with van der Waals surface area (Å²) in [5.41, 5.74) is 11.2. The molecule has 0 bridgehead atoms. The molecule has 5 rings (SSSR count). The molecule has 0 radical (unpaired) electrons. The molecule has 1 fully saturated rings.